The molecule has 0 radical (unpaired) electrons. The molecule has 1 aromatic carbocycles. The van der Waals surface area contributed by atoms with E-state index in [4.69, 9.17) is 8.83 Å². The fourth-order valence-electron chi connectivity index (χ4n) is 2.27. The molecule has 0 bridgehead atoms. The summed E-state index contributed by atoms with van der Waals surface area (Å²) in [6.45, 7) is 0. The van der Waals surface area contributed by atoms with Gasteiger partial charge in [-0.25, -0.2) is 0 Å². The Morgan fingerprint density at radius 2 is 2.00 bits per heavy atom. The molecule has 0 aliphatic carbocycles. The van der Waals surface area contributed by atoms with E-state index in [1.807, 2.05) is 43.6 Å². The second-order valence-electron chi connectivity index (χ2n) is 4.31. The molecule has 0 aliphatic heterocycles. The summed E-state index contributed by atoms with van der Waals surface area (Å²) in [5.74, 6) is 0.972. The Balaban J connectivity index is 1.96. The monoisotopic (exact) mass is 241 g/mol. The highest BCUT2D eigenvalue weighted by Crippen LogP contribution is 2.28. The summed E-state index contributed by atoms with van der Waals surface area (Å²) in [5.41, 5.74) is 2.09. The Kier molecular flexibility index (Phi) is 2.90. The summed E-state index contributed by atoms with van der Waals surface area (Å²) >= 11 is 0. The number of nitrogens with one attached hydrogen (secondary N) is 1. The van der Waals surface area contributed by atoms with Crippen LogP contribution in [0.1, 0.15) is 17.4 Å². The molecule has 2 heterocycles. The van der Waals surface area contributed by atoms with E-state index in [0.29, 0.717) is 0 Å². The minimum absolute atomic E-state index is 0.194. The zero-order chi connectivity index (χ0) is 12.4. The van der Waals surface area contributed by atoms with Crippen molar-refractivity contribution in [1.82, 2.24) is 5.32 Å². The molecule has 2 aromatic heterocycles. The molecule has 0 fully saturated rings. The molecule has 1 atom stereocenters. The molecule has 0 aliphatic rings. The quantitative estimate of drug-likeness (QED) is 0.759. The molecule has 0 saturated carbocycles. The van der Waals surface area contributed by atoms with E-state index in [9.17, 15) is 0 Å². The third-order valence-corrected chi connectivity index (χ3v) is 3.22. The highest BCUT2D eigenvalue weighted by molar-refractivity contribution is 5.81. The van der Waals surface area contributed by atoms with Crippen LogP contribution in [-0.2, 0) is 6.42 Å². The summed E-state index contributed by atoms with van der Waals surface area (Å²) < 4.78 is 11.0. The topological polar surface area (TPSA) is 38.3 Å². The first-order valence-electron chi connectivity index (χ1n) is 6.04. The maximum Gasteiger partial charge on any atom is 0.134 e. The van der Waals surface area contributed by atoms with Gasteiger partial charge in [-0.2, -0.15) is 0 Å². The van der Waals surface area contributed by atoms with Crippen LogP contribution in [0.15, 0.2) is 57.8 Å². The van der Waals surface area contributed by atoms with E-state index in [-0.39, 0.29) is 6.04 Å². The molecule has 1 unspecified atom stereocenters. The van der Waals surface area contributed by atoms with Crippen molar-refractivity contribution in [3.63, 3.8) is 0 Å². The normalized spacial score (nSPS) is 12.9. The molecule has 0 spiro atoms. The van der Waals surface area contributed by atoms with E-state index in [2.05, 4.69) is 11.4 Å². The van der Waals surface area contributed by atoms with Gasteiger partial charge in [0.15, 0.2) is 0 Å². The Morgan fingerprint density at radius 1 is 1.11 bits per heavy atom. The van der Waals surface area contributed by atoms with Crippen LogP contribution in [0.2, 0.25) is 0 Å². The molecular formula is C15H15NO2. The molecule has 1 N–H and O–H groups in total. The second kappa shape index (κ2) is 4.70. The lowest BCUT2D eigenvalue weighted by molar-refractivity contribution is 0.464. The lowest BCUT2D eigenvalue weighted by Gasteiger charge is -2.13. The molecule has 0 saturated heterocycles. The molecule has 3 rings (SSSR count). The minimum atomic E-state index is 0.194. The maximum atomic E-state index is 5.58. The third kappa shape index (κ3) is 1.93. The largest absolute Gasteiger partial charge is 0.469 e. The smallest absolute Gasteiger partial charge is 0.134 e. The molecule has 18 heavy (non-hydrogen) atoms. The standard InChI is InChI=1S/C15H15NO2/c1-16-14(9-11-5-4-8-17-11)13-10-18-15-7-3-2-6-12(13)15/h2-8,10,14,16H,9H2,1H3. The molecule has 3 aromatic rings. The van der Waals surface area contributed by atoms with Crippen molar-refractivity contribution < 1.29 is 8.83 Å². The van der Waals surface area contributed by atoms with Gasteiger partial charge in [0, 0.05) is 23.4 Å². The number of hydrogen-bond acceptors (Lipinski definition) is 3. The number of hydrogen-bond donors (Lipinski definition) is 1. The Hall–Kier alpha value is -2.00. The maximum absolute atomic E-state index is 5.58. The van der Waals surface area contributed by atoms with Crippen LogP contribution < -0.4 is 5.32 Å². The van der Waals surface area contributed by atoms with Crippen LogP contribution in [0.3, 0.4) is 0 Å². The van der Waals surface area contributed by atoms with E-state index >= 15 is 0 Å². The van der Waals surface area contributed by atoms with Crippen molar-refractivity contribution in [3.8, 4) is 0 Å². The van der Waals surface area contributed by atoms with E-state index < -0.39 is 0 Å². The van der Waals surface area contributed by atoms with Crippen molar-refractivity contribution in [3.05, 3.63) is 60.2 Å². The highest BCUT2D eigenvalue weighted by Gasteiger charge is 2.16. The number of rotatable bonds is 4. The third-order valence-electron chi connectivity index (χ3n) is 3.22. The van der Waals surface area contributed by atoms with Crippen molar-refractivity contribution in [2.45, 2.75) is 12.5 Å². The lowest BCUT2D eigenvalue weighted by Crippen LogP contribution is -2.18. The first-order valence-corrected chi connectivity index (χ1v) is 6.04. The Bertz CT molecular complexity index is 625. The predicted molar refractivity (Wildman–Crippen MR) is 70.4 cm³/mol. The van der Waals surface area contributed by atoms with E-state index in [0.717, 1.165) is 23.2 Å². The fourth-order valence-corrected chi connectivity index (χ4v) is 2.27. The summed E-state index contributed by atoms with van der Waals surface area (Å²) in [5, 5.41) is 4.47. The van der Waals surface area contributed by atoms with Gasteiger partial charge in [0.2, 0.25) is 0 Å². The van der Waals surface area contributed by atoms with Gasteiger partial charge in [0.25, 0.3) is 0 Å². The van der Waals surface area contributed by atoms with Crippen LogP contribution in [0.4, 0.5) is 0 Å². The van der Waals surface area contributed by atoms with Crippen molar-refractivity contribution >= 4 is 11.0 Å². The van der Waals surface area contributed by atoms with Gasteiger partial charge in [-0.15, -0.1) is 0 Å². The molecule has 3 nitrogen and oxygen atoms in total. The van der Waals surface area contributed by atoms with Gasteiger partial charge in [0.05, 0.1) is 12.5 Å². The molecule has 0 amide bonds. The van der Waals surface area contributed by atoms with Gasteiger partial charge in [-0.1, -0.05) is 18.2 Å². The van der Waals surface area contributed by atoms with Crippen molar-refractivity contribution in [2.24, 2.45) is 0 Å². The summed E-state index contributed by atoms with van der Waals surface area (Å²) in [6.07, 6.45) is 4.34. The van der Waals surface area contributed by atoms with E-state index in [1.54, 1.807) is 6.26 Å². The number of para-hydroxylation sites is 1. The summed E-state index contributed by atoms with van der Waals surface area (Å²) in [6, 6.07) is 12.2. The van der Waals surface area contributed by atoms with Crippen LogP contribution in [0, 0.1) is 0 Å². The summed E-state index contributed by atoms with van der Waals surface area (Å²) in [4.78, 5) is 0. The molecule has 3 heteroatoms. The SMILES string of the molecule is CNC(Cc1ccco1)c1coc2ccccc12. The van der Waals surface area contributed by atoms with Crippen LogP contribution in [-0.4, -0.2) is 7.05 Å². The first-order chi connectivity index (χ1) is 8.88. The van der Waals surface area contributed by atoms with Gasteiger partial charge in [-0.3, -0.25) is 0 Å². The number of likely N-dealkylation sites (N-methyl/N-ethyl adjacent to an activating group) is 1. The number of fused-ring (bicyclic) bond motifs is 1. The average Bonchev–Trinajstić information content (AvgIpc) is 3.05. The van der Waals surface area contributed by atoms with Gasteiger partial charge in [-0.05, 0) is 25.2 Å². The fraction of sp³-hybridized carbons (Fsp3) is 0.200. The Labute approximate surface area is 105 Å². The van der Waals surface area contributed by atoms with Crippen LogP contribution in [0.5, 0.6) is 0 Å². The van der Waals surface area contributed by atoms with Crippen molar-refractivity contribution in [2.75, 3.05) is 7.05 Å². The Morgan fingerprint density at radius 3 is 2.78 bits per heavy atom. The zero-order valence-electron chi connectivity index (χ0n) is 10.2. The average molecular weight is 241 g/mol. The van der Waals surface area contributed by atoms with Crippen LogP contribution in [0.25, 0.3) is 11.0 Å². The molecular weight excluding hydrogens is 226 g/mol. The number of furan rings is 2. The van der Waals surface area contributed by atoms with Gasteiger partial charge >= 0.3 is 0 Å². The molecule has 92 valence electrons. The predicted octanol–water partition coefficient (Wildman–Crippen LogP) is 3.53. The van der Waals surface area contributed by atoms with Gasteiger partial charge in [0.1, 0.15) is 11.3 Å². The first kappa shape index (κ1) is 11.1. The second-order valence-corrected chi connectivity index (χ2v) is 4.31. The summed E-state index contributed by atoms with van der Waals surface area (Å²) in [7, 11) is 1.95. The van der Waals surface area contributed by atoms with E-state index in [1.165, 1.54) is 5.56 Å². The van der Waals surface area contributed by atoms with Crippen LogP contribution >= 0.6 is 0 Å². The zero-order valence-corrected chi connectivity index (χ0v) is 10.2. The highest BCUT2D eigenvalue weighted by atomic mass is 16.3. The lowest BCUT2D eigenvalue weighted by atomic mass is 10.0. The van der Waals surface area contributed by atoms with Gasteiger partial charge < -0.3 is 14.2 Å². The minimum Gasteiger partial charge on any atom is -0.469 e. The number of benzene rings is 1. The van der Waals surface area contributed by atoms with Crippen molar-refractivity contribution in [1.29, 1.82) is 0 Å².